The first-order valence-electron chi connectivity index (χ1n) is 12.8. The lowest BCUT2D eigenvalue weighted by atomic mass is 10.0. The first-order valence-corrected chi connectivity index (χ1v) is 12.8. The first kappa shape index (κ1) is 25.7. The summed E-state index contributed by atoms with van der Waals surface area (Å²) in [6.07, 6.45) is 0. The second-order valence-corrected chi connectivity index (χ2v) is 9.47. The summed E-state index contributed by atoms with van der Waals surface area (Å²) in [5.41, 5.74) is 1.76. The van der Waals surface area contributed by atoms with Crippen LogP contribution in [0.2, 0.25) is 0 Å². The quantitative estimate of drug-likeness (QED) is 0.217. The van der Waals surface area contributed by atoms with Gasteiger partial charge < -0.3 is 14.8 Å². The maximum absolute atomic E-state index is 12.3. The summed E-state index contributed by atoms with van der Waals surface area (Å²) in [6.45, 7) is 0.0735. The minimum absolute atomic E-state index is 0.0826. The number of aliphatic imine (C=N–C) groups is 2. The van der Waals surface area contributed by atoms with Gasteiger partial charge in [0, 0.05) is 12.1 Å². The highest BCUT2D eigenvalue weighted by Gasteiger charge is 2.51. The Morgan fingerprint density at radius 1 is 0.756 bits per heavy atom. The molecule has 41 heavy (non-hydrogen) atoms. The van der Waals surface area contributed by atoms with E-state index in [0.29, 0.717) is 23.8 Å². The zero-order valence-corrected chi connectivity index (χ0v) is 21.5. The predicted octanol–water partition coefficient (Wildman–Crippen LogP) is 5.76. The predicted molar refractivity (Wildman–Crippen MR) is 152 cm³/mol. The summed E-state index contributed by atoms with van der Waals surface area (Å²) in [6, 6.07) is 29.7. The fourth-order valence-corrected chi connectivity index (χ4v) is 4.81. The van der Waals surface area contributed by atoms with Crippen molar-refractivity contribution in [2.75, 3.05) is 18.5 Å². The molecule has 0 fully saturated rings. The fraction of sp³-hybridized carbons (Fsp3) is 0.133. The summed E-state index contributed by atoms with van der Waals surface area (Å²) in [5, 5.41) is 26.7. The van der Waals surface area contributed by atoms with Gasteiger partial charge in [0.1, 0.15) is 12.6 Å². The largest absolute Gasteiger partial charge is 0.475 e. The standard InChI is InChI=1S/C30H23N5O6/c36-34(37)22-16-14-21(15-17-22)30(35(38)39)19-41-29(33-30)24-11-5-7-13-26(24)31-25-12-6-4-10-23(25)28-32-27(18-40-28)20-8-2-1-3-9-20/h1-17,27,31H,18-19H2/t27-,30-/m1/s1. The second kappa shape index (κ2) is 10.5. The van der Waals surface area contributed by atoms with Gasteiger partial charge in [-0.25, -0.2) is 4.99 Å². The smallest absolute Gasteiger partial charge is 0.375 e. The molecule has 0 aliphatic carbocycles. The highest BCUT2D eigenvalue weighted by Crippen LogP contribution is 2.36. The molecule has 2 aliphatic rings. The maximum Gasteiger partial charge on any atom is 0.375 e. The molecule has 11 heteroatoms. The van der Waals surface area contributed by atoms with Crippen LogP contribution in [0.3, 0.4) is 0 Å². The van der Waals surface area contributed by atoms with E-state index in [1.54, 1.807) is 12.1 Å². The Hall–Kier alpha value is -5.58. The van der Waals surface area contributed by atoms with E-state index in [0.717, 1.165) is 16.8 Å². The van der Waals surface area contributed by atoms with E-state index in [1.807, 2.05) is 66.7 Å². The van der Waals surface area contributed by atoms with Gasteiger partial charge in [-0.05, 0) is 42.0 Å². The van der Waals surface area contributed by atoms with Gasteiger partial charge in [-0.15, -0.1) is 0 Å². The van der Waals surface area contributed by atoms with Crippen LogP contribution in [0.4, 0.5) is 17.1 Å². The van der Waals surface area contributed by atoms with E-state index >= 15 is 0 Å². The molecule has 2 aliphatic heterocycles. The molecule has 4 aromatic carbocycles. The van der Waals surface area contributed by atoms with Crippen LogP contribution in [-0.2, 0) is 15.1 Å². The molecule has 0 unspecified atom stereocenters. The molecule has 1 N–H and O–H groups in total. The van der Waals surface area contributed by atoms with Gasteiger partial charge in [0.15, 0.2) is 6.61 Å². The number of benzene rings is 4. The number of nitrogens with one attached hydrogen (secondary N) is 1. The molecule has 0 aromatic heterocycles. The van der Waals surface area contributed by atoms with Gasteiger partial charge in [0.25, 0.3) is 5.69 Å². The molecule has 2 heterocycles. The number of nitrogens with zero attached hydrogens (tertiary/aromatic N) is 4. The van der Waals surface area contributed by atoms with E-state index in [-0.39, 0.29) is 29.8 Å². The van der Waals surface area contributed by atoms with Gasteiger partial charge in [0.05, 0.1) is 37.9 Å². The number of anilines is 2. The summed E-state index contributed by atoms with van der Waals surface area (Å²) in [5.74, 6) is 0.596. The van der Waals surface area contributed by atoms with Crippen molar-refractivity contribution in [1.29, 1.82) is 0 Å². The highest BCUT2D eigenvalue weighted by atomic mass is 16.6. The number of nitro groups is 2. The van der Waals surface area contributed by atoms with Crippen LogP contribution >= 0.6 is 0 Å². The Morgan fingerprint density at radius 3 is 2.00 bits per heavy atom. The number of ether oxygens (including phenoxy) is 2. The van der Waals surface area contributed by atoms with E-state index in [2.05, 4.69) is 10.3 Å². The van der Waals surface area contributed by atoms with Crippen molar-refractivity contribution in [3.63, 3.8) is 0 Å². The van der Waals surface area contributed by atoms with Gasteiger partial charge in [-0.2, -0.15) is 4.99 Å². The normalized spacial score (nSPS) is 19.5. The molecule has 0 saturated carbocycles. The number of nitro benzene ring substituents is 1. The molecule has 4 aromatic rings. The number of hydrogen-bond donors (Lipinski definition) is 1. The molecule has 6 rings (SSSR count). The second-order valence-electron chi connectivity index (χ2n) is 9.47. The van der Waals surface area contributed by atoms with Crippen molar-refractivity contribution in [2.24, 2.45) is 9.98 Å². The molecule has 2 atom stereocenters. The third-order valence-electron chi connectivity index (χ3n) is 6.96. The first-order chi connectivity index (χ1) is 19.9. The molecule has 0 bridgehead atoms. The van der Waals surface area contributed by atoms with Gasteiger partial charge in [-0.1, -0.05) is 54.6 Å². The summed E-state index contributed by atoms with van der Waals surface area (Å²) in [4.78, 5) is 31.4. The number of para-hydroxylation sites is 2. The number of rotatable bonds is 8. The minimum Gasteiger partial charge on any atom is -0.475 e. The average Bonchev–Trinajstić information content (AvgIpc) is 3.68. The lowest BCUT2D eigenvalue weighted by Crippen LogP contribution is -2.34. The minimum atomic E-state index is -1.94. The Kier molecular flexibility index (Phi) is 6.60. The van der Waals surface area contributed by atoms with Crippen LogP contribution in [0.15, 0.2) is 113 Å². The van der Waals surface area contributed by atoms with E-state index in [9.17, 15) is 20.2 Å². The lowest BCUT2D eigenvalue weighted by molar-refractivity contribution is -0.577. The van der Waals surface area contributed by atoms with Crippen molar-refractivity contribution < 1.29 is 19.3 Å². The van der Waals surface area contributed by atoms with Crippen LogP contribution in [0.25, 0.3) is 0 Å². The lowest BCUT2D eigenvalue weighted by Gasteiger charge is -2.14. The number of non-ortho nitro benzene ring substituents is 1. The van der Waals surface area contributed by atoms with Crippen molar-refractivity contribution in [2.45, 2.75) is 11.7 Å². The summed E-state index contributed by atoms with van der Waals surface area (Å²) < 4.78 is 11.8. The van der Waals surface area contributed by atoms with E-state index in [1.165, 1.54) is 24.3 Å². The van der Waals surface area contributed by atoms with Gasteiger partial charge in [-0.3, -0.25) is 20.2 Å². The summed E-state index contributed by atoms with van der Waals surface area (Å²) in [7, 11) is 0. The maximum atomic E-state index is 12.3. The topological polar surface area (TPSA) is 141 Å². The van der Waals surface area contributed by atoms with Gasteiger partial charge in [0.2, 0.25) is 11.8 Å². The molecule has 0 saturated heterocycles. The fourth-order valence-electron chi connectivity index (χ4n) is 4.81. The summed E-state index contributed by atoms with van der Waals surface area (Å²) >= 11 is 0. The molecule has 0 amide bonds. The average molecular weight is 550 g/mol. The molecule has 204 valence electrons. The Balaban J connectivity index is 1.32. The molecule has 0 spiro atoms. The van der Waals surface area contributed by atoms with Crippen molar-refractivity contribution in [3.05, 3.63) is 146 Å². The number of hydrogen-bond acceptors (Lipinski definition) is 9. The van der Waals surface area contributed by atoms with Crippen molar-refractivity contribution >= 4 is 28.9 Å². The van der Waals surface area contributed by atoms with Crippen LogP contribution in [0.1, 0.15) is 28.3 Å². The molecule has 0 radical (unpaired) electrons. The Morgan fingerprint density at radius 2 is 1.37 bits per heavy atom. The van der Waals surface area contributed by atoms with E-state index in [4.69, 9.17) is 14.5 Å². The van der Waals surface area contributed by atoms with Gasteiger partial charge >= 0.3 is 5.66 Å². The zero-order valence-electron chi connectivity index (χ0n) is 21.5. The molecule has 11 nitrogen and oxygen atoms in total. The monoisotopic (exact) mass is 549 g/mol. The van der Waals surface area contributed by atoms with Crippen molar-refractivity contribution in [1.82, 2.24) is 0 Å². The Labute approximate surface area is 234 Å². The molecular weight excluding hydrogens is 526 g/mol. The van der Waals surface area contributed by atoms with Crippen LogP contribution < -0.4 is 5.32 Å². The van der Waals surface area contributed by atoms with Crippen molar-refractivity contribution in [3.8, 4) is 0 Å². The Bertz CT molecular complexity index is 1690. The third kappa shape index (κ3) is 4.84. The van der Waals surface area contributed by atoms with Crippen LogP contribution in [0.5, 0.6) is 0 Å². The van der Waals surface area contributed by atoms with Crippen LogP contribution in [0, 0.1) is 20.2 Å². The highest BCUT2D eigenvalue weighted by molar-refractivity contribution is 6.04. The zero-order chi connectivity index (χ0) is 28.4. The van der Waals surface area contributed by atoms with E-state index < -0.39 is 15.5 Å². The SMILES string of the molecule is O=[N+]([O-])c1ccc([C@]2([N+](=O)[O-])COC(c3ccccc3Nc3ccccc3C3=N[C@@H](c4ccccc4)CO3)=N2)cc1. The third-order valence-corrected chi connectivity index (χ3v) is 6.96. The molecular formula is C30H23N5O6. The van der Waals surface area contributed by atoms with Crippen LogP contribution in [-0.4, -0.2) is 34.9 Å².